The molecule has 44 heavy (non-hydrogen) atoms. The molecule has 2 amide bonds. The highest BCUT2D eigenvalue weighted by molar-refractivity contribution is 5.96. The third-order valence-corrected chi connectivity index (χ3v) is 11.3. The van der Waals surface area contributed by atoms with Crippen LogP contribution >= 0.6 is 0 Å². The Kier molecular flexibility index (Phi) is 9.84. The number of oxime groups is 1. The van der Waals surface area contributed by atoms with Crippen molar-refractivity contribution in [3.05, 3.63) is 11.6 Å². The van der Waals surface area contributed by atoms with Crippen LogP contribution in [0.4, 0.5) is 0 Å². The lowest BCUT2D eigenvalue weighted by molar-refractivity contribution is -0.143. The Morgan fingerprint density at radius 1 is 1.07 bits per heavy atom. The molecule has 4 rings (SSSR count). The zero-order valence-electron chi connectivity index (χ0n) is 26.2. The van der Waals surface area contributed by atoms with Gasteiger partial charge in [0.2, 0.25) is 5.91 Å². The average Bonchev–Trinajstić information content (AvgIpc) is 3.24. The Balaban J connectivity index is 1.34. The number of aliphatic carboxylic acids is 2. The molecule has 4 aliphatic rings. The van der Waals surface area contributed by atoms with Crippen LogP contribution in [0.15, 0.2) is 16.8 Å². The van der Waals surface area contributed by atoms with E-state index >= 15 is 0 Å². The molecule has 8 atom stereocenters. The molecule has 0 saturated heterocycles. The van der Waals surface area contributed by atoms with E-state index in [9.17, 15) is 29.4 Å². The van der Waals surface area contributed by atoms with Crippen LogP contribution in [-0.4, -0.2) is 69.1 Å². The fraction of sp³-hybridized carbons (Fsp3) is 0.727. The van der Waals surface area contributed by atoms with Crippen molar-refractivity contribution in [3.63, 3.8) is 0 Å². The van der Waals surface area contributed by atoms with Gasteiger partial charge in [-0.2, -0.15) is 0 Å². The molecule has 5 N–H and O–H groups in total. The summed E-state index contributed by atoms with van der Waals surface area (Å²) in [7, 11) is 0. The fourth-order valence-corrected chi connectivity index (χ4v) is 8.61. The summed E-state index contributed by atoms with van der Waals surface area (Å²) in [6, 6.07) is -2.42. The molecule has 3 fully saturated rings. The predicted octanol–water partition coefficient (Wildman–Crippen LogP) is 3.26. The summed E-state index contributed by atoms with van der Waals surface area (Å²) in [5.74, 6) is 0.0444. The first-order chi connectivity index (χ1) is 20.6. The van der Waals surface area contributed by atoms with Gasteiger partial charge < -0.3 is 30.8 Å². The quantitative estimate of drug-likeness (QED) is 0.174. The van der Waals surface area contributed by atoms with Crippen molar-refractivity contribution in [2.24, 2.45) is 39.7 Å². The molecule has 11 nitrogen and oxygen atoms in total. The van der Waals surface area contributed by atoms with Crippen LogP contribution in [0.5, 0.6) is 0 Å². The Hall–Kier alpha value is -3.39. The minimum atomic E-state index is -1.39. The third kappa shape index (κ3) is 6.37. The van der Waals surface area contributed by atoms with E-state index in [0.717, 1.165) is 44.2 Å². The Morgan fingerprint density at radius 3 is 2.41 bits per heavy atom. The molecule has 0 bridgehead atoms. The van der Waals surface area contributed by atoms with Crippen LogP contribution in [0.2, 0.25) is 0 Å². The Morgan fingerprint density at radius 2 is 1.77 bits per heavy atom. The molecular weight excluding hydrogens is 566 g/mol. The topological polar surface area (TPSA) is 175 Å². The van der Waals surface area contributed by atoms with Crippen molar-refractivity contribution in [3.8, 4) is 12.3 Å². The highest BCUT2D eigenvalue weighted by Gasteiger charge is 2.63. The fourth-order valence-electron chi connectivity index (χ4n) is 8.61. The summed E-state index contributed by atoms with van der Waals surface area (Å²) < 4.78 is 0. The number of carbonyl (C=O) groups excluding carboxylic acids is 2. The number of carbonyl (C=O) groups is 4. The highest BCUT2D eigenvalue weighted by atomic mass is 16.6. The van der Waals surface area contributed by atoms with Gasteiger partial charge in [0, 0.05) is 11.8 Å². The Bertz CT molecular complexity index is 1270. The molecule has 0 radical (unpaired) electrons. The maximum Gasteiger partial charge on any atom is 0.326 e. The van der Waals surface area contributed by atoms with Crippen LogP contribution in [0, 0.1) is 46.8 Å². The van der Waals surface area contributed by atoms with Crippen molar-refractivity contribution in [1.29, 1.82) is 0 Å². The number of rotatable bonds is 11. The molecule has 242 valence electrons. The van der Waals surface area contributed by atoms with E-state index in [0.29, 0.717) is 30.6 Å². The van der Waals surface area contributed by atoms with E-state index < -0.39 is 54.5 Å². The van der Waals surface area contributed by atoms with Crippen molar-refractivity contribution in [1.82, 2.24) is 10.6 Å². The summed E-state index contributed by atoms with van der Waals surface area (Å²) in [6.07, 6.45) is 14.5. The van der Waals surface area contributed by atoms with Crippen LogP contribution < -0.4 is 10.6 Å². The van der Waals surface area contributed by atoms with E-state index in [2.05, 4.69) is 41.6 Å². The SMILES string of the molecule is C#C[C@@]1(O)CC[C@@H]2[C@@H]3CCC4=C/C(=N\OCC(=O)N[C@H](C(=O)N[C@H](CCC(=O)O)C(=O)O)C(C)C)CC[C@]4(C)[C@@H]3CC[C@@]21C. The second kappa shape index (κ2) is 12.9. The molecular formula is C33H47N3O8. The standard InChI is InChI=1S/C33H47N3O8/c1-6-33(43)16-13-24-22-8-7-20-17-21(11-14-31(20,4)23(22)12-15-32(24,33)5)36-44-18-26(37)35-28(19(2)3)29(40)34-25(30(41)42)9-10-27(38)39/h1,17,19,22-25,28,43H,7-16,18H2,2-5H3,(H,34,40)(H,35,37)(H,38,39)(H,41,42)/b36-21-/t22-,23-,24-,25-,28+,31+,32+,33-/m1/s1. The largest absolute Gasteiger partial charge is 0.481 e. The van der Waals surface area contributed by atoms with E-state index in [1.807, 2.05) is 0 Å². The van der Waals surface area contributed by atoms with Crippen LogP contribution in [0.25, 0.3) is 0 Å². The van der Waals surface area contributed by atoms with E-state index in [1.54, 1.807) is 13.8 Å². The van der Waals surface area contributed by atoms with Crippen molar-refractivity contribution >= 4 is 29.5 Å². The van der Waals surface area contributed by atoms with Gasteiger partial charge in [-0.3, -0.25) is 14.4 Å². The predicted molar refractivity (Wildman–Crippen MR) is 162 cm³/mol. The lowest BCUT2D eigenvalue weighted by Crippen LogP contribution is -2.54. The molecule has 11 heteroatoms. The van der Waals surface area contributed by atoms with E-state index in [4.69, 9.17) is 16.4 Å². The van der Waals surface area contributed by atoms with Crippen molar-refractivity contribution in [2.45, 2.75) is 110 Å². The normalized spacial score (nSPS) is 34.8. The van der Waals surface area contributed by atoms with Gasteiger partial charge in [0.25, 0.3) is 5.91 Å². The van der Waals surface area contributed by atoms with E-state index in [1.165, 1.54) is 5.57 Å². The monoisotopic (exact) mass is 613 g/mol. The lowest BCUT2D eigenvalue weighted by Gasteiger charge is -2.58. The summed E-state index contributed by atoms with van der Waals surface area (Å²) >= 11 is 0. The molecule has 0 aromatic carbocycles. The number of allylic oxidation sites excluding steroid dienone is 2. The maximum absolute atomic E-state index is 12.8. The lowest BCUT2D eigenvalue weighted by atomic mass is 9.46. The van der Waals surface area contributed by atoms with Gasteiger partial charge in [-0.25, -0.2) is 4.79 Å². The van der Waals surface area contributed by atoms with Crippen LogP contribution in [0.1, 0.15) is 91.9 Å². The van der Waals surface area contributed by atoms with Crippen LogP contribution in [0.3, 0.4) is 0 Å². The molecule has 3 saturated carbocycles. The first-order valence-electron chi connectivity index (χ1n) is 15.8. The van der Waals surface area contributed by atoms with Gasteiger partial charge in [-0.05, 0) is 93.0 Å². The molecule has 0 spiro atoms. The zero-order valence-corrected chi connectivity index (χ0v) is 26.2. The molecule has 4 aliphatic carbocycles. The third-order valence-electron chi connectivity index (χ3n) is 11.3. The smallest absolute Gasteiger partial charge is 0.326 e. The minimum absolute atomic E-state index is 0.0492. The summed E-state index contributed by atoms with van der Waals surface area (Å²) in [5.41, 5.74) is 0.931. The summed E-state index contributed by atoms with van der Waals surface area (Å²) in [6.45, 7) is 7.55. The number of carboxylic acid groups (broad SMARTS) is 2. The minimum Gasteiger partial charge on any atom is -0.481 e. The van der Waals surface area contributed by atoms with Gasteiger partial charge in [0.05, 0.1) is 5.71 Å². The number of hydrogen-bond acceptors (Lipinski definition) is 7. The second-order valence-electron chi connectivity index (χ2n) is 14.0. The summed E-state index contributed by atoms with van der Waals surface area (Å²) in [4.78, 5) is 53.1. The number of fused-ring (bicyclic) bond motifs is 5. The number of nitrogens with one attached hydrogen (secondary N) is 2. The Labute approximate surface area is 259 Å². The zero-order chi connectivity index (χ0) is 32.4. The number of hydrogen-bond donors (Lipinski definition) is 5. The molecule has 0 unspecified atom stereocenters. The maximum atomic E-state index is 12.8. The van der Waals surface area contributed by atoms with Crippen LogP contribution in [-0.2, 0) is 24.0 Å². The van der Waals surface area contributed by atoms with Crippen molar-refractivity contribution < 1.29 is 39.3 Å². The number of aliphatic hydroxyl groups is 1. The number of amides is 2. The molecule has 0 aromatic heterocycles. The highest BCUT2D eigenvalue weighted by Crippen LogP contribution is 2.67. The van der Waals surface area contributed by atoms with E-state index in [-0.39, 0.29) is 23.2 Å². The summed E-state index contributed by atoms with van der Waals surface area (Å²) in [5, 5.41) is 38.6. The van der Waals surface area contributed by atoms with Gasteiger partial charge in [-0.1, -0.05) is 44.3 Å². The second-order valence-corrected chi connectivity index (χ2v) is 14.0. The average molecular weight is 614 g/mol. The molecule has 0 aliphatic heterocycles. The first-order valence-corrected chi connectivity index (χ1v) is 15.8. The van der Waals surface area contributed by atoms with Gasteiger partial charge >= 0.3 is 11.9 Å². The van der Waals surface area contributed by atoms with Crippen molar-refractivity contribution in [2.75, 3.05) is 6.61 Å². The van der Waals surface area contributed by atoms with Gasteiger partial charge in [-0.15, -0.1) is 6.42 Å². The number of carboxylic acids is 2. The molecule has 0 heterocycles. The van der Waals surface area contributed by atoms with Gasteiger partial charge in [0.15, 0.2) is 6.61 Å². The number of nitrogens with zero attached hydrogens (tertiary/aromatic N) is 1. The number of terminal acetylenes is 1. The molecule has 0 aromatic rings. The first kappa shape index (κ1) is 33.5. The van der Waals surface area contributed by atoms with Gasteiger partial charge in [0.1, 0.15) is 17.7 Å².